The lowest BCUT2D eigenvalue weighted by Crippen LogP contribution is -2.57. The van der Waals surface area contributed by atoms with Gasteiger partial charge in [0.05, 0.1) is 6.61 Å². The van der Waals surface area contributed by atoms with Crippen molar-refractivity contribution < 1.29 is 22.1 Å². The summed E-state index contributed by atoms with van der Waals surface area (Å²) in [6.45, 7) is 10.8. The van der Waals surface area contributed by atoms with E-state index in [1.807, 2.05) is 32.9 Å². The molecular formula is C17H31NO5Si2. The van der Waals surface area contributed by atoms with E-state index >= 15 is 0 Å². The first-order valence-electron chi connectivity index (χ1n) is 9.10. The van der Waals surface area contributed by atoms with Gasteiger partial charge in [-0.05, 0) is 52.4 Å². The highest BCUT2D eigenvalue weighted by molar-refractivity contribution is 6.75. The molecule has 0 aliphatic carbocycles. The minimum absolute atomic E-state index is 0.542. The number of fused-ring (bicyclic) bond motifs is 1. The van der Waals surface area contributed by atoms with E-state index in [0.29, 0.717) is 33.0 Å². The highest BCUT2D eigenvalue weighted by Gasteiger charge is 2.44. The normalized spacial score (nSPS) is 20.2. The largest absolute Gasteiger partial charge is 0.537 e. The Balaban J connectivity index is 2.28. The van der Waals surface area contributed by atoms with E-state index in [-0.39, 0.29) is 0 Å². The van der Waals surface area contributed by atoms with Crippen LogP contribution < -0.4 is 15.3 Å². The van der Waals surface area contributed by atoms with Gasteiger partial charge < -0.3 is 27.9 Å². The van der Waals surface area contributed by atoms with Crippen LogP contribution in [0.3, 0.4) is 0 Å². The molecule has 8 heteroatoms. The smallest absolute Gasteiger partial charge is 0.520 e. The second-order valence-electron chi connectivity index (χ2n) is 6.09. The van der Waals surface area contributed by atoms with Crippen molar-refractivity contribution in [3.63, 3.8) is 0 Å². The molecule has 1 aliphatic heterocycles. The Morgan fingerprint density at radius 3 is 2.32 bits per heavy atom. The van der Waals surface area contributed by atoms with Crippen LogP contribution in [0.5, 0.6) is 5.75 Å². The maximum absolute atomic E-state index is 6.22. The van der Waals surface area contributed by atoms with Gasteiger partial charge in [0.15, 0.2) is 0 Å². The maximum Gasteiger partial charge on any atom is 0.537 e. The fourth-order valence-electron chi connectivity index (χ4n) is 2.97. The Kier molecular flexibility index (Phi) is 7.62. The van der Waals surface area contributed by atoms with Crippen molar-refractivity contribution in [3.05, 3.63) is 23.8 Å². The summed E-state index contributed by atoms with van der Waals surface area (Å²) in [6, 6.07) is 6.97. The van der Waals surface area contributed by atoms with Crippen LogP contribution in [0.2, 0.25) is 12.6 Å². The van der Waals surface area contributed by atoms with Gasteiger partial charge in [0.25, 0.3) is 0 Å². The molecule has 0 saturated carbocycles. The topological polar surface area (TPSA) is 72.2 Å². The molecule has 6 nitrogen and oxygen atoms in total. The first-order chi connectivity index (χ1) is 12.0. The van der Waals surface area contributed by atoms with Gasteiger partial charge in [0, 0.05) is 36.6 Å². The molecule has 1 unspecified atom stereocenters. The summed E-state index contributed by atoms with van der Waals surface area (Å²) in [7, 11) is -5.08. The third-order valence-corrected chi connectivity index (χ3v) is 9.80. The molecule has 0 aromatic heterocycles. The molecule has 142 valence electrons. The standard InChI is InChI=1S/C17H31NO5Si2/c1-5-19-25(20-6-2,21-7-3)16-9-10-17-15(13-16)14-22-24(4,23-17)12-8-11-18/h9-10,13H,5-8,11-12,14,18H2,1-4H3. The first kappa shape index (κ1) is 20.6. The van der Waals surface area contributed by atoms with Gasteiger partial charge in [-0.25, -0.2) is 0 Å². The summed E-state index contributed by atoms with van der Waals surface area (Å²) in [5.74, 6) is 0.897. The average Bonchev–Trinajstić information content (AvgIpc) is 2.60. The third kappa shape index (κ3) is 4.91. The fraction of sp³-hybridized carbons (Fsp3) is 0.647. The maximum atomic E-state index is 6.22. The third-order valence-electron chi connectivity index (χ3n) is 4.11. The van der Waals surface area contributed by atoms with E-state index < -0.39 is 17.4 Å². The Morgan fingerprint density at radius 1 is 1.12 bits per heavy atom. The predicted octanol–water partition coefficient (Wildman–Crippen LogP) is 2.27. The van der Waals surface area contributed by atoms with Crippen LogP contribution in [0, 0.1) is 0 Å². The van der Waals surface area contributed by atoms with Gasteiger partial charge in [-0.1, -0.05) is 6.07 Å². The van der Waals surface area contributed by atoms with Crippen LogP contribution in [0.1, 0.15) is 32.8 Å². The van der Waals surface area contributed by atoms with Crippen molar-refractivity contribution in [1.29, 1.82) is 0 Å². The quantitative estimate of drug-likeness (QED) is 0.623. The Morgan fingerprint density at radius 2 is 1.76 bits per heavy atom. The zero-order chi connectivity index (χ0) is 18.3. The van der Waals surface area contributed by atoms with E-state index in [4.69, 9.17) is 27.9 Å². The molecule has 0 amide bonds. The molecule has 1 aliphatic rings. The molecular weight excluding hydrogens is 354 g/mol. The summed E-state index contributed by atoms with van der Waals surface area (Å²) in [5, 5.41) is 0.955. The van der Waals surface area contributed by atoms with E-state index in [9.17, 15) is 0 Å². The van der Waals surface area contributed by atoms with Crippen LogP contribution in [0.25, 0.3) is 0 Å². The Hall–Kier alpha value is -0.746. The van der Waals surface area contributed by atoms with Crippen molar-refractivity contribution in [2.24, 2.45) is 5.73 Å². The van der Waals surface area contributed by atoms with Gasteiger partial charge in [-0.2, -0.15) is 0 Å². The molecule has 1 aromatic rings. The number of nitrogens with two attached hydrogens (primary N) is 1. The fourth-order valence-corrected chi connectivity index (χ4v) is 7.77. The highest BCUT2D eigenvalue weighted by Crippen LogP contribution is 2.31. The lowest BCUT2D eigenvalue weighted by molar-refractivity contribution is 0.0858. The van der Waals surface area contributed by atoms with Crippen LogP contribution in [-0.4, -0.2) is 43.7 Å². The second kappa shape index (κ2) is 9.27. The van der Waals surface area contributed by atoms with E-state index in [1.165, 1.54) is 0 Å². The Labute approximate surface area is 153 Å². The molecule has 2 rings (SSSR count). The van der Waals surface area contributed by atoms with Crippen molar-refractivity contribution in [1.82, 2.24) is 0 Å². The van der Waals surface area contributed by atoms with Gasteiger partial charge in [0.2, 0.25) is 0 Å². The van der Waals surface area contributed by atoms with E-state index in [0.717, 1.165) is 29.0 Å². The van der Waals surface area contributed by atoms with Crippen molar-refractivity contribution in [2.45, 2.75) is 46.4 Å². The summed E-state index contributed by atoms with van der Waals surface area (Å²) >= 11 is 0. The molecule has 0 saturated heterocycles. The highest BCUT2D eigenvalue weighted by atomic mass is 28.4. The Bertz CT molecular complexity index is 543. The van der Waals surface area contributed by atoms with Gasteiger partial charge in [-0.3, -0.25) is 0 Å². The number of rotatable bonds is 10. The lowest BCUT2D eigenvalue weighted by Gasteiger charge is -2.34. The van der Waals surface area contributed by atoms with Crippen molar-refractivity contribution >= 4 is 22.6 Å². The van der Waals surface area contributed by atoms with Crippen molar-refractivity contribution in [2.75, 3.05) is 26.4 Å². The molecule has 0 bridgehead atoms. The summed E-state index contributed by atoms with van der Waals surface area (Å²) in [6.07, 6.45) is 0.922. The number of hydrogen-bond donors (Lipinski definition) is 1. The molecule has 0 radical (unpaired) electrons. The molecule has 0 spiro atoms. The minimum Gasteiger partial charge on any atom is -0.520 e. The molecule has 0 fully saturated rings. The first-order valence-corrected chi connectivity index (χ1v) is 13.4. The monoisotopic (exact) mass is 385 g/mol. The van der Waals surface area contributed by atoms with Crippen molar-refractivity contribution in [3.8, 4) is 5.75 Å². The lowest BCUT2D eigenvalue weighted by atomic mass is 10.2. The molecule has 1 heterocycles. The minimum atomic E-state index is -2.90. The summed E-state index contributed by atoms with van der Waals surface area (Å²) < 4.78 is 30.3. The van der Waals surface area contributed by atoms with Crippen LogP contribution in [0.4, 0.5) is 0 Å². The predicted molar refractivity (Wildman–Crippen MR) is 102 cm³/mol. The van der Waals surface area contributed by atoms with Crippen LogP contribution in [-0.2, 0) is 24.3 Å². The van der Waals surface area contributed by atoms with Crippen LogP contribution >= 0.6 is 0 Å². The van der Waals surface area contributed by atoms with Gasteiger partial charge in [0.1, 0.15) is 5.75 Å². The molecule has 1 aromatic carbocycles. The van der Waals surface area contributed by atoms with E-state index in [1.54, 1.807) is 0 Å². The number of hydrogen-bond acceptors (Lipinski definition) is 6. The van der Waals surface area contributed by atoms with Gasteiger partial charge in [-0.15, -0.1) is 0 Å². The van der Waals surface area contributed by atoms with Gasteiger partial charge >= 0.3 is 17.4 Å². The van der Waals surface area contributed by atoms with Crippen LogP contribution in [0.15, 0.2) is 18.2 Å². The molecule has 2 N–H and O–H groups in total. The second-order valence-corrected chi connectivity index (χ2v) is 11.9. The average molecular weight is 386 g/mol. The van der Waals surface area contributed by atoms with E-state index in [2.05, 4.69) is 12.6 Å². The zero-order valence-corrected chi connectivity index (χ0v) is 17.8. The molecule has 25 heavy (non-hydrogen) atoms. The summed E-state index contributed by atoms with van der Waals surface area (Å²) in [4.78, 5) is 0. The molecule has 1 atom stereocenters. The summed E-state index contributed by atoms with van der Waals surface area (Å²) in [5.41, 5.74) is 6.65. The zero-order valence-electron chi connectivity index (χ0n) is 15.8. The SMILES string of the molecule is CCO[Si](OCC)(OCC)c1ccc2c(c1)CO[Si](C)(CCCN)O2. The number of benzene rings is 1.